The van der Waals surface area contributed by atoms with Gasteiger partial charge in [-0.1, -0.05) is 12.1 Å². The summed E-state index contributed by atoms with van der Waals surface area (Å²) in [6.45, 7) is 4.02. The highest BCUT2D eigenvalue weighted by molar-refractivity contribution is 5.98. The standard InChI is InChI=1S/C21H20N4O5/c1-3-25-15-9-8-13(10-14(15)22-12(2)21(25)28)19(26)23-24-20(27)18-11-29-16-6-4-5-7-17(16)30-18/h4-10,18H,3,11H2,1-2H3,(H,23,26)(H,24,27)/t18-/m1/s1. The van der Waals surface area contributed by atoms with Crippen LogP contribution in [0.15, 0.2) is 47.3 Å². The number of hydrogen-bond acceptors (Lipinski definition) is 6. The molecule has 0 spiro atoms. The average molecular weight is 408 g/mol. The minimum atomic E-state index is -0.889. The molecule has 154 valence electrons. The number of carbonyl (C=O) groups excluding carboxylic acids is 2. The number of rotatable bonds is 3. The van der Waals surface area contributed by atoms with Crippen LogP contribution >= 0.6 is 0 Å². The van der Waals surface area contributed by atoms with E-state index >= 15 is 0 Å². The van der Waals surface area contributed by atoms with Crippen LogP contribution in [-0.4, -0.2) is 34.1 Å². The van der Waals surface area contributed by atoms with Crippen molar-refractivity contribution in [3.8, 4) is 11.5 Å². The van der Waals surface area contributed by atoms with Gasteiger partial charge in [-0.25, -0.2) is 4.98 Å². The van der Waals surface area contributed by atoms with Gasteiger partial charge in [-0.3, -0.25) is 25.2 Å². The van der Waals surface area contributed by atoms with Gasteiger partial charge in [-0.05, 0) is 44.2 Å². The van der Waals surface area contributed by atoms with E-state index < -0.39 is 17.9 Å². The van der Waals surface area contributed by atoms with Gasteiger partial charge in [0.05, 0.1) is 11.0 Å². The Labute approximate surface area is 171 Å². The number of para-hydroxylation sites is 2. The van der Waals surface area contributed by atoms with Crippen molar-refractivity contribution in [3.05, 3.63) is 64.1 Å². The fraction of sp³-hybridized carbons (Fsp3) is 0.238. The van der Waals surface area contributed by atoms with Crippen LogP contribution in [0.2, 0.25) is 0 Å². The van der Waals surface area contributed by atoms with Crippen molar-refractivity contribution in [1.82, 2.24) is 20.4 Å². The van der Waals surface area contributed by atoms with Gasteiger partial charge >= 0.3 is 0 Å². The molecule has 2 aromatic carbocycles. The Bertz CT molecular complexity index is 1200. The van der Waals surface area contributed by atoms with Gasteiger partial charge < -0.3 is 14.0 Å². The predicted molar refractivity (Wildman–Crippen MR) is 108 cm³/mol. The monoisotopic (exact) mass is 408 g/mol. The third-order valence-corrected chi connectivity index (χ3v) is 4.79. The summed E-state index contributed by atoms with van der Waals surface area (Å²) in [5, 5.41) is 0. The number of carbonyl (C=O) groups is 2. The molecule has 0 saturated carbocycles. The van der Waals surface area contributed by atoms with Crippen molar-refractivity contribution in [1.29, 1.82) is 0 Å². The number of nitrogens with one attached hydrogen (secondary N) is 2. The molecule has 3 aromatic rings. The van der Waals surface area contributed by atoms with E-state index in [9.17, 15) is 14.4 Å². The number of nitrogens with zero attached hydrogens (tertiary/aromatic N) is 2. The molecule has 1 aliphatic rings. The lowest BCUT2D eigenvalue weighted by atomic mass is 10.1. The van der Waals surface area contributed by atoms with Crippen LogP contribution in [0.1, 0.15) is 23.0 Å². The number of ether oxygens (including phenoxy) is 2. The van der Waals surface area contributed by atoms with Crippen LogP contribution in [0.5, 0.6) is 11.5 Å². The van der Waals surface area contributed by atoms with Gasteiger partial charge in [-0.15, -0.1) is 0 Å². The van der Waals surface area contributed by atoms with Gasteiger partial charge in [0.15, 0.2) is 11.5 Å². The largest absolute Gasteiger partial charge is 0.485 e. The second kappa shape index (κ2) is 7.86. The third kappa shape index (κ3) is 3.57. The summed E-state index contributed by atoms with van der Waals surface area (Å²) in [5.41, 5.74) is 6.37. The molecule has 1 aliphatic heterocycles. The third-order valence-electron chi connectivity index (χ3n) is 4.79. The van der Waals surface area contributed by atoms with Gasteiger partial charge in [0, 0.05) is 12.1 Å². The van der Waals surface area contributed by atoms with Crippen LogP contribution in [-0.2, 0) is 11.3 Å². The molecule has 0 bridgehead atoms. The molecule has 0 radical (unpaired) electrons. The van der Waals surface area contributed by atoms with E-state index in [4.69, 9.17) is 9.47 Å². The van der Waals surface area contributed by atoms with Crippen molar-refractivity contribution >= 4 is 22.8 Å². The van der Waals surface area contributed by atoms with E-state index in [1.54, 1.807) is 47.9 Å². The van der Waals surface area contributed by atoms with E-state index in [1.165, 1.54) is 0 Å². The van der Waals surface area contributed by atoms with Crippen LogP contribution in [0.3, 0.4) is 0 Å². The molecular formula is C21H20N4O5. The normalized spacial score (nSPS) is 14.9. The number of amides is 2. The average Bonchev–Trinajstić information content (AvgIpc) is 2.77. The van der Waals surface area contributed by atoms with Crippen LogP contribution < -0.4 is 25.9 Å². The lowest BCUT2D eigenvalue weighted by Crippen LogP contribution is -2.50. The Morgan fingerprint density at radius 1 is 1.17 bits per heavy atom. The number of benzene rings is 2. The van der Waals surface area contributed by atoms with Crippen LogP contribution in [0.25, 0.3) is 11.0 Å². The summed E-state index contributed by atoms with van der Waals surface area (Å²) in [6.07, 6.45) is -0.889. The highest BCUT2D eigenvalue weighted by Crippen LogP contribution is 2.30. The molecule has 2 amide bonds. The van der Waals surface area contributed by atoms with Crippen molar-refractivity contribution < 1.29 is 19.1 Å². The fourth-order valence-corrected chi connectivity index (χ4v) is 3.25. The van der Waals surface area contributed by atoms with Crippen molar-refractivity contribution in [2.24, 2.45) is 0 Å². The van der Waals surface area contributed by atoms with E-state index in [-0.39, 0.29) is 12.2 Å². The maximum absolute atomic E-state index is 12.5. The molecule has 0 fully saturated rings. The van der Waals surface area contributed by atoms with Gasteiger partial charge in [0.1, 0.15) is 12.3 Å². The van der Waals surface area contributed by atoms with Gasteiger partial charge in [0.25, 0.3) is 17.4 Å². The predicted octanol–water partition coefficient (Wildman–Crippen LogP) is 1.33. The maximum atomic E-state index is 12.5. The summed E-state index contributed by atoms with van der Waals surface area (Å²) < 4.78 is 12.7. The maximum Gasteiger partial charge on any atom is 0.283 e. The van der Waals surface area contributed by atoms with Gasteiger partial charge in [0.2, 0.25) is 6.10 Å². The first kappa shape index (κ1) is 19.4. The Balaban J connectivity index is 1.45. The molecule has 0 unspecified atom stereocenters. The molecule has 0 saturated heterocycles. The Morgan fingerprint density at radius 2 is 1.93 bits per heavy atom. The van der Waals surface area contributed by atoms with E-state index in [2.05, 4.69) is 15.8 Å². The lowest BCUT2D eigenvalue weighted by Gasteiger charge is -2.25. The van der Waals surface area contributed by atoms with E-state index in [0.717, 1.165) is 0 Å². The Hall–Kier alpha value is -3.88. The first-order valence-electron chi connectivity index (χ1n) is 9.48. The highest BCUT2D eigenvalue weighted by Gasteiger charge is 2.27. The molecule has 4 rings (SSSR count). The first-order valence-corrected chi connectivity index (χ1v) is 9.48. The Kier molecular flexibility index (Phi) is 5.09. The molecule has 2 N–H and O–H groups in total. The number of aromatic nitrogens is 2. The SMILES string of the molecule is CCn1c(=O)c(C)nc2cc(C(=O)NNC(=O)[C@H]3COc4ccccc4O3)ccc21. The second-order valence-electron chi connectivity index (χ2n) is 6.76. The minimum absolute atomic E-state index is 0.0342. The van der Waals surface area contributed by atoms with Crippen molar-refractivity contribution in [2.45, 2.75) is 26.5 Å². The lowest BCUT2D eigenvalue weighted by molar-refractivity contribution is -0.131. The Morgan fingerprint density at radius 3 is 2.70 bits per heavy atom. The molecule has 9 nitrogen and oxygen atoms in total. The molecule has 1 atom stereocenters. The minimum Gasteiger partial charge on any atom is -0.485 e. The molecule has 0 aliphatic carbocycles. The molecule has 2 heterocycles. The number of hydrazine groups is 1. The van der Waals surface area contributed by atoms with Gasteiger partial charge in [-0.2, -0.15) is 0 Å². The zero-order valence-corrected chi connectivity index (χ0v) is 16.5. The second-order valence-corrected chi connectivity index (χ2v) is 6.76. The quantitative estimate of drug-likeness (QED) is 0.633. The zero-order chi connectivity index (χ0) is 21.3. The molecule has 1 aromatic heterocycles. The number of hydrogen-bond donors (Lipinski definition) is 2. The summed E-state index contributed by atoms with van der Waals surface area (Å²) in [6, 6.07) is 11.8. The highest BCUT2D eigenvalue weighted by atomic mass is 16.6. The molecular weight excluding hydrogens is 388 g/mol. The summed E-state index contributed by atoms with van der Waals surface area (Å²) in [4.78, 5) is 41.3. The molecule has 30 heavy (non-hydrogen) atoms. The zero-order valence-electron chi connectivity index (χ0n) is 16.5. The van der Waals surface area contributed by atoms with Crippen LogP contribution in [0.4, 0.5) is 0 Å². The molecule has 9 heteroatoms. The van der Waals surface area contributed by atoms with Crippen molar-refractivity contribution in [3.63, 3.8) is 0 Å². The number of fused-ring (bicyclic) bond motifs is 2. The fourth-order valence-electron chi connectivity index (χ4n) is 3.25. The van der Waals surface area contributed by atoms with Crippen LogP contribution in [0, 0.1) is 6.92 Å². The summed E-state index contributed by atoms with van der Waals surface area (Å²) >= 11 is 0. The smallest absolute Gasteiger partial charge is 0.283 e. The number of aryl methyl sites for hydroxylation is 2. The van der Waals surface area contributed by atoms with Crippen molar-refractivity contribution in [2.75, 3.05) is 6.61 Å². The topological polar surface area (TPSA) is 112 Å². The van der Waals surface area contributed by atoms with E-state index in [0.29, 0.717) is 40.3 Å². The first-order chi connectivity index (χ1) is 14.5. The van der Waals surface area contributed by atoms with E-state index in [1.807, 2.05) is 13.0 Å². The summed E-state index contributed by atoms with van der Waals surface area (Å²) in [7, 11) is 0. The summed E-state index contributed by atoms with van der Waals surface area (Å²) in [5.74, 6) is -0.0215.